The molecule has 70 heavy (non-hydrogen) atoms. The van der Waals surface area contributed by atoms with Gasteiger partial charge in [-0.25, -0.2) is 0 Å². The lowest BCUT2D eigenvalue weighted by molar-refractivity contribution is 0.0890. The molecule has 0 saturated heterocycles. The highest BCUT2D eigenvalue weighted by Crippen LogP contribution is 2.96. The van der Waals surface area contributed by atoms with Crippen molar-refractivity contribution in [2.45, 2.75) is 17.8 Å². The Morgan fingerprint density at radius 1 is 0.229 bits per heavy atom. The van der Waals surface area contributed by atoms with Gasteiger partial charge in [0, 0.05) is 5.56 Å². The monoisotopic (exact) mass is 852 g/mol. The minimum atomic E-state index is -0.731. The van der Waals surface area contributed by atoms with Crippen LogP contribution >= 0.6 is 0 Å². The van der Waals surface area contributed by atoms with Crippen LogP contribution in [0.4, 0.5) is 0 Å². The van der Waals surface area contributed by atoms with Crippen LogP contribution in [0.3, 0.4) is 0 Å². The Kier molecular flexibility index (Phi) is 2.06. The first kappa shape index (κ1) is 25.6. The maximum atomic E-state index is 17.0. The smallest absolute Gasteiger partial charge is 0.171 e. The molecular weight excluding hydrogens is 845 g/mol. The normalized spacial score (nSPS) is 24.3. The average Bonchev–Trinajstić information content (AvgIpc) is 4.26. The van der Waals surface area contributed by atoms with Gasteiger partial charge in [-0.3, -0.25) is 4.79 Å². The molecule has 2 spiro atoms. The van der Waals surface area contributed by atoms with Crippen molar-refractivity contribution in [2.24, 2.45) is 5.41 Å². The molecule has 0 aromatic heterocycles. The van der Waals surface area contributed by atoms with Crippen molar-refractivity contribution in [1.29, 1.82) is 0 Å². The molecule has 0 radical (unpaired) electrons. The number of hydrogen-bond acceptors (Lipinski definition) is 1. The minimum Gasteiger partial charge on any atom is -0.293 e. The molecule has 34 rings (SSSR count). The van der Waals surface area contributed by atoms with Crippen molar-refractivity contribution in [3.8, 4) is 0 Å². The molecular formula is C69H8O. The molecule has 1 saturated carbocycles. The number of carbonyl (C=O) groups is 1. The van der Waals surface area contributed by atoms with Crippen LogP contribution in [0.2, 0.25) is 0 Å². The van der Waals surface area contributed by atoms with Gasteiger partial charge in [-0.1, -0.05) is 30.3 Å². The highest BCUT2D eigenvalue weighted by Gasteiger charge is 2.94. The molecule has 1 nitrogen and oxygen atoms in total. The number of rotatable bonds is 2. The summed E-state index contributed by atoms with van der Waals surface area (Å²) in [7, 11) is 0. The Hall–Kier alpha value is -8.65. The van der Waals surface area contributed by atoms with Gasteiger partial charge < -0.3 is 0 Å². The lowest BCUT2D eigenvalue weighted by Crippen LogP contribution is -2.27. The molecule has 5 aliphatic carbocycles. The fourth-order valence-corrected chi connectivity index (χ4v) is 26.2. The van der Waals surface area contributed by atoms with Crippen molar-refractivity contribution >= 4 is 297 Å². The van der Waals surface area contributed by atoms with Crippen LogP contribution in [0.15, 0.2) is 30.3 Å². The standard InChI is InChI=1S/C69H8O/c1-67(66(70)7-5-3-2-4-6-7)68-62-54-46-36-26-18-10-8-9-12-16-14(10)22-30-24(16)34-28-20(12)21-13(9)17-15-11(8)19(18)27-33-23(15)31-25(17)35-29(21)39-38(28)48-42(34)52-44(30)50(40(46)32(22)26)58(62)60(52)64-56(48)57-49(39)43(35)53-45(31)51-41(33)47(37(27)36)55(54)63(68)59(51)61(53)65(57)69(64,67)68/h2-6H,1H3. The van der Waals surface area contributed by atoms with E-state index in [1.54, 1.807) is 313 Å². The Labute approximate surface area is 380 Å². The van der Waals surface area contributed by atoms with E-state index in [0.717, 1.165) is 5.56 Å². The predicted molar refractivity (Wildman–Crippen MR) is 293 cm³/mol. The first-order valence-corrected chi connectivity index (χ1v) is 26.1. The number of carbonyl (C=O) groups excluding carboxylic acids is 1. The van der Waals surface area contributed by atoms with Gasteiger partial charge >= 0.3 is 0 Å². The van der Waals surface area contributed by atoms with Crippen LogP contribution in [-0.2, 0) is 10.8 Å². The second-order valence-electron chi connectivity index (χ2n) is 26.1. The summed E-state index contributed by atoms with van der Waals surface area (Å²) in [6.45, 7) is 2.55. The van der Waals surface area contributed by atoms with E-state index in [-0.39, 0.29) is 0 Å². The van der Waals surface area contributed by atoms with Crippen LogP contribution in [0.1, 0.15) is 39.5 Å². The first-order valence-electron chi connectivity index (χ1n) is 26.1. The third kappa shape index (κ3) is 1.27. The van der Waals surface area contributed by atoms with Gasteiger partial charge in [-0.2, -0.15) is 0 Å². The van der Waals surface area contributed by atoms with Gasteiger partial charge in [0.1, 0.15) is 0 Å². The summed E-state index contributed by atoms with van der Waals surface area (Å²) in [6, 6.07) is 10.7. The lowest BCUT2D eigenvalue weighted by atomic mass is 9.68. The van der Waals surface area contributed by atoms with Gasteiger partial charge in [0.2, 0.25) is 0 Å². The van der Waals surface area contributed by atoms with Crippen molar-refractivity contribution in [3.05, 3.63) is 58.1 Å². The van der Waals surface area contributed by atoms with Crippen LogP contribution in [0, 0.1) is 5.41 Å². The molecule has 0 unspecified atom stereocenters. The molecule has 0 heterocycles. The van der Waals surface area contributed by atoms with Gasteiger partial charge in [-0.15, -0.1) is 0 Å². The van der Waals surface area contributed by atoms with Crippen LogP contribution < -0.4 is 0 Å². The Morgan fingerprint density at radius 2 is 0.371 bits per heavy atom. The molecule has 0 amide bonds. The number of hydrogen-bond donors (Lipinski definition) is 0. The maximum Gasteiger partial charge on any atom is 0.171 e. The summed E-state index contributed by atoms with van der Waals surface area (Å²) >= 11 is 0. The number of benzene rings is 19. The third-order valence-corrected chi connectivity index (χ3v) is 26.2. The Morgan fingerprint density at radius 3 is 0.529 bits per heavy atom. The molecule has 0 atom stereocenters. The highest BCUT2D eigenvalue weighted by molar-refractivity contribution is 6.82. The molecule has 0 aliphatic heterocycles. The van der Waals surface area contributed by atoms with Crippen molar-refractivity contribution in [3.63, 3.8) is 0 Å². The second kappa shape index (κ2) is 5.63. The highest BCUT2D eigenvalue weighted by atomic mass is 16.1. The topological polar surface area (TPSA) is 17.1 Å². The quantitative estimate of drug-likeness (QED) is 0.125. The summed E-state index contributed by atoms with van der Waals surface area (Å²) in [5.74, 6) is 0.364. The van der Waals surface area contributed by atoms with Crippen LogP contribution in [0.5, 0.6) is 0 Å². The summed E-state index contributed by atoms with van der Waals surface area (Å²) in [5, 5.41) is 86.6. The molecule has 1 heteroatoms. The van der Waals surface area contributed by atoms with Gasteiger partial charge in [0.05, 0.1) is 16.2 Å². The van der Waals surface area contributed by atoms with E-state index in [0.29, 0.717) is 5.78 Å². The molecule has 290 valence electrons. The average molecular weight is 853 g/mol. The van der Waals surface area contributed by atoms with Crippen molar-refractivity contribution < 1.29 is 4.79 Å². The lowest BCUT2D eigenvalue weighted by Gasteiger charge is -2.32. The zero-order valence-corrected chi connectivity index (χ0v) is 35.8. The fourth-order valence-electron chi connectivity index (χ4n) is 26.2. The summed E-state index contributed by atoms with van der Waals surface area (Å²) in [6.07, 6.45) is 0. The summed E-state index contributed by atoms with van der Waals surface area (Å²) in [5.41, 5.74) is 5.50. The van der Waals surface area contributed by atoms with Gasteiger partial charge in [-0.05, 0) is 320 Å². The third-order valence-electron chi connectivity index (χ3n) is 26.2. The van der Waals surface area contributed by atoms with Crippen molar-refractivity contribution in [1.82, 2.24) is 0 Å². The van der Waals surface area contributed by atoms with E-state index in [4.69, 9.17) is 0 Å². The SMILES string of the molecule is CC1(C(=O)c2ccccc2)C23c4c5c6c7c8c9c(c%10c%11c2c2c4c4c%12c5c5c6c6c8c8c%13c9c9c%10c%10c%11c%11c2c2c4c4c%12c%12c5c5c6c8c6c8c%13c9c9c%10c%10c%11c2c2c4c4c%12c5c6c5c8c9c%10c2c45)C713. The van der Waals surface area contributed by atoms with E-state index in [1.807, 2.05) is 0 Å². The van der Waals surface area contributed by atoms with E-state index in [1.165, 1.54) is 0 Å². The molecule has 5 aliphatic rings. The largest absolute Gasteiger partial charge is 0.293 e. The van der Waals surface area contributed by atoms with Crippen LogP contribution in [-0.4, -0.2) is 5.78 Å². The molecule has 29 aromatic carbocycles. The zero-order chi connectivity index (χ0) is 41.7. The van der Waals surface area contributed by atoms with E-state index < -0.39 is 16.2 Å². The van der Waals surface area contributed by atoms with Crippen LogP contribution in [0.25, 0.3) is 291 Å². The number of Topliss-reactive ketones (excluding diaryl/α,β-unsaturated/α-hetero) is 1. The van der Waals surface area contributed by atoms with E-state index >= 15 is 4.79 Å². The van der Waals surface area contributed by atoms with E-state index in [9.17, 15) is 0 Å². The second-order valence-corrected chi connectivity index (χ2v) is 26.1. The number of ketones is 1. The molecule has 29 aromatic rings. The summed E-state index contributed by atoms with van der Waals surface area (Å²) in [4.78, 5) is 17.0. The molecule has 1 fully saturated rings. The fraction of sp³-hybridized carbons (Fsp3) is 0.0580. The van der Waals surface area contributed by atoms with E-state index in [2.05, 4.69) is 37.3 Å². The Bertz CT molecular complexity index is 6880. The van der Waals surface area contributed by atoms with Crippen molar-refractivity contribution in [2.75, 3.05) is 0 Å². The zero-order valence-electron chi connectivity index (χ0n) is 35.8. The Balaban J connectivity index is 1.17. The van der Waals surface area contributed by atoms with Gasteiger partial charge in [0.25, 0.3) is 0 Å². The first-order chi connectivity index (χ1) is 34.8. The van der Waals surface area contributed by atoms with Gasteiger partial charge in [0.15, 0.2) is 5.78 Å². The maximum absolute atomic E-state index is 17.0. The minimum absolute atomic E-state index is 0.364. The summed E-state index contributed by atoms with van der Waals surface area (Å²) < 4.78 is 0. The molecule has 0 N–H and O–H groups in total. The predicted octanol–water partition coefficient (Wildman–Crippen LogP) is 18.2. The molecule has 0 bridgehead atoms.